The van der Waals surface area contributed by atoms with Gasteiger partial charge in [-0.1, -0.05) is 13.8 Å². The molecule has 0 aliphatic carbocycles. The zero-order valence-electron chi connectivity index (χ0n) is 11.4. The fourth-order valence-corrected chi connectivity index (χ4v) is 2.44. The van der Waals surface area contributed by atoms with E-state index in [1.54, 1.807) is 13.8 Å². The minimum absolute atomic E-state index is 0.0309. The number of aliphatic hydroxyl groups is 1. The molecule has 9 heteroatoms. The first kappa shape index (κ1) is 16.6. The van der Waals surface area contributed by atoms with Crippen molar-refractivity contribution >= 4 is 16.0 Å². The molecule has 1 aromatic rings. The van der Waals surface area contributed by atoms with Gasteiger partial charge in [0.05, 0.1) is 19.2 Å². The van der Waals surface area contributed by atoms with Crippen molar-refractivity contribution in [3.63, 3.8) is 0 Å². The second-order valence-electron chi connectivity index (χ2n) is 5.23. The van der Waals surface area contributed by atoms with E-state index < -0.39 is 21.4 Å². The van der Waals surface area contributed by atoms with Crippen LogP contribution in [0, 0.1) is 5.41 Å². The normalized spacial score (nSPS) is 12.6. The molecule has 1 aromatic heterocycles. The third-order valence-electron chi connectivity index (χ3n) is 2.64. The summed E-state index contributed by atoms with van der Waals surface area (Å²) in [6.07, 6.45) is 2.31. The summed E-state index contributed by atoms with van der Waals surface area (Å²) < 4.78 is 27.6. The van der Waals surface area contributed by atoms with Crippen molar-refractivity contribution in [3.8, 4) is 0 Å². The predicted molar refractivity (Wildman–Crippen MR) is 70.5 cm³/mol. The topological polar surface area (TPSA) is 122 Å². The summed E-state index contributed by atoms with van der Waals surface area (Å²) in [5.41, 5.74) is -0.563. The second-order valence-corrected chi connectivity index (χ2v) is 7.00. The Morgan fingerprint density at radius 1 is 1.50 bits per heavy atom. The van der Waals surface area contributed by atoms with E-state index in [-0.39, 0.29) is 31.0 Å². The summed E-state index contributed by atoms with van der Waals surface area (Å²) in [6.45, 7) is 3.50. The van der Waals surface area contributed by atoms with E-state index in [0.29, 0.717) is 0 Å². The molecular formula is C11H19N3O5S. The van der Waals surface area contributed by atoms with Gasteiger partial charge in [-0.05, 0) is 0 Å². The Kier molecular flexibility index (Phi) is 5.26. The minimum atomic E-state index is -3.71. The lowest BCUT2D eigenvalue weighted by molar-refractivity contribution is -0.137. The third-order valence-corrected chi connectivity index (χ3v) is 4.00. The molecule has 0 aliphatic heterocycles. The number of carboxylic acids is 1. The molecule has 0 spiro atoms. The van der Waals surface area contributed by atoms with E-state index in [4.69, 9.17) is 10.2 Å². The summed E-state index contributed by atoms with van der Waals surface area (Å²) in [5.74, 6) is -0.979. The van der Waals surface area contributed by atoms with E-state index in [9.17, 15) is 13.2 Å². The Labute approximate surface area is 117 Å². The molecule has 0 atom stereocenters. The Balaban J connectivity index is 2.71. The van der Waals surface area contributed by atoms with Crippen molar-refractivity contribution < 1.29 is 23.4 Å². The number of carbonyl (C=O) groups is 1. The third kappa shape index (κ3) is 4.91. The zero-order chi connectivity index (χ0) is 15.4. The highest BCUT2D eigenvalue weighted by molar-refractivity contribution is 7.89. The first-order valence-electron chi connectivity index (χ1n) is 6.01. The smallest absolute Gasteiger partial charge is 0.305 e. The van der Waals surface area contributed by atoms with Crippen LogP contribution in [-0.2, 0) is 21.4 Å². The Hall–Kier alpha value is -1.45. The Morgan fingerprint density at radius 3 is 2.70 bits per heavy atom. The van der Waals surface area contributed by atoms with Crippen LogP contribution < -0.4 is 4.72 Å². The average Bonchev–Trinajstić information content (AvgIpc) is 2.84. The number of aromatic nitrogens is 2. The quantitative estimate of drug-likeness (QED) is 0.604. The number of carboxylic acid groups (broad SMARTS) is 1. The number of nitrogens with zero attached hydrogens (tertiary/aromatic N) is 2. The van der Waals surface area contributed by atoms with Gasteiger partial charge in [0.1, 0.15) is 4.90 Å². The number of hydrogen-bond acceptors (Lipinski definition) is 5. The van der Waals surface area contributed by atoms with E-state index >= 15 is 0 Å². The van der Waals surface area contributed by atoms with E-state index in [0.717, 1.165) is 6.20 Å². The molecule has 114 valence electrons. The molecule has 0 amide bonds. The fraction of sp³-hybridized carbons (Fsp3) is 0.636. The molecule has 0 aromatic carbocycles. The van der Waals surface area contributed by atoms with Crippen LogP contribution in [0.2, 0.25) is 0 Å². The molecule has 0 unspecified atom stereocenters. The monoisotopic (exact) mass is 305 g/mol. The van der Waals surface area contributed by atoms with Crippen LogP contribution in [0.5, 0.6) is 0 Å². The molecule has 0 aliphatic rings. The summed E-state index contributed by atoms with van der Waals surface area (Å²) in [5, 5.41) is 21.4. The Morgan fingerprint density at radius 2 is 2.15 bits per heavy atom. The molecule has 1 heterocycles. The summed E-state index contributed by atoms with van der Waals surface area (Å²) >= 11 is 0. The van der Waals surface area contributed by atoms with Crippen molar-refractivity contribution in [2.75, 3.05) is 13.2 Å². The van der Waals surface area contributed by atoms with Gasteiger partial charge in [0.15, 0.2) is 0 Å². The van der Waals surface area contributed by atoms with Crippen LogP contribution in [0.1, 0.15) is 20.3 Å². The lowest BCUT2D eigenvalue weighted by atomic mass is 9.96. The summed E-state index contributed by atoms with van der Waals surface area (Å²) in [4.78, 5) is 10.4. The van der Waals surface area contributed by atoms with Crippen LogP contribution in [0.25, 0.3) is 0 Å². The van der Waals surface area contributed by atoms with Gasteiger partial charge in [0.2, 0.25) is 10.0 Å². The molecule has 8 nitrogen and oxygen atoms in total. The standard InChI is InChI=1S/C11H19N3O5S/c1-11(2,8-15)7-13-20(18,19)9-5-12-14(6-9)4-3-10(16)17/h5-6,13,15H,3-4,7-8H2,1-2H3,(H,16,17). The van der Waals surface area contributed by atoms with Gasteiger partial charge in [0.25, 0.3) is 0 Å². The van der Waals surface area contributed by atoms with Crippen molar-refractivity contribution in [2.24, 2.45) is 5.41 Å². The van der Waals surface area contributed by atoms with Crippen molar-refractivity contribution in [1.29, 1.82) is 0 Å². The van der Waals surface area contributed by atoms with Gasteiger partial charge in [0, 0.05) is 24.8 Å². The van der Waals surface area contributed by atoms with Crippen molar-refractivity contribution in [3.05, 3.63) is 12.4 Å². The van der Waals surface area contributed by atoms with Crippen LogP contribution in [-0.4, -0.2) is 47.5 Å². The largest absolute Gasteiger partial charge is 0.481 e. The number of aliphatic hydroxyl groups excluding tert-OH is 1. The van der Waals surface area contributed by atoms with Gasteiger partial charge in [-0.25, -0.2) is 13.1 Å². The molecule has 0 fully saturated rings. The molecule has 0 bridgehead atoms. The number of rotatable bonds is 8. The van der Waals surface area contributed by atoms with Gasteiger partial charge in [-0.2, -0.15) is 5.10 Å². The average molecular weight is 305 g/mol. The SMILES string of the molecule is CC(C)(CO)CNS(=O)(=O)c1cnn(CCC(=O)O)c1. The van der Waals surface area contributed by atoms with Gasteiger partial charge >= 0.3 is 5.97 Å². The van der Waals surface area contributed by atoms with Gasteiger partial charge in [-0.3, -0.25) is 9.48 Å². The molecule has 3 N–H and O–H groups in total. The highest BCUT2D eigenvalue weighted by Gasteiger charge is 2.22. The molecular weight excluding hydrogens is 286 g/mol. The van der Waals surface area contributed by atoms with Crippen LogP contribution in [0.4, 0.5) is 0 Å². The van der Waals surface area contributed by atoms with E-state index in [2.05, 4.69) is 9.82 Å². The molecule has 20 heavy (non-hydrogen) atoms. The maximum absolute atomic E-state index is 12.0. The van der Waals surface area contributed by atoms with Crippen molar-refractivity contribution in [2.45, 2.75) is 31.7 Å². The molecule has 0 radical (unpaired) electrons. The maximum atomic E-state index is 12.0. The van der Waals surface area contributed by atoms with E-state index in [1.165, 1.54) is 10.9 Å². The van der Waals surface area contributed by atoms with Crippen molar-refractivity contribution in [1.82, 2.24) is 14.5 Å². The molecule has 1 rings (SSSR count). The number of aliphatic carboxylic acids is 1. The lowest BCUT2D eigenvalue weighted by Crippen LogP contribution is -2.35. The number of hydrogen-bond donors (Lipinski definition) is 3. The first-order valence-corrected chi connectivity index (χ1v) is 7.49. The van der Waals surface area contributed by atoms with Crippen LogP contribution in [0.3, 0.4) is 0 Å². The second kappa shape index (κ2) is 6.33. The van der Waals surface area contributed by atoms with Gasteiger partial charge < -0.3 is 10.2 Å². The number of aryl methyl sites for hydroxylation is 1. The number of nitrogens with one attached hydrogen (secondary N) is 1. The number of sulfonamides is 1. The lowest BCUT2D eigenvalue weighted by Gasteiger charge is -2.21. The van der Waals surface area contributed by atoms with E-state index in [1.807, 2.05) is 0 Å². The maximum Gasteiger partial charge on any atom is 0.305 e. The first-order chi connectivity index (χ1) is 9.16. The minimum Gasteiger partial charge on any atom is -0.481 e. The highest BCUT2D eigenvalue weighted by Crippen LogP contribution is 2.14. The molecule has 0 saturated carbocycles. The Bertz CT molecular complexity index is 564. The van der Waals surface area contributed by atoms with Crippen LogP contribution >= 0.6 is 0 Å². The highest BCUT2D eigenvalue weighted by atomic mass is 32.2. The van der Waals surface area contributed by atoms with Gasteiger partial charge in [-0.15, -0.1) is 0 Å². The van der Waals surface area contributed by atoms with Crippen LogP contribution in [0.15, 0.2) is 17.3 Å². The summed E-state index contributed by atoms with van der Waals surface area (Å²) in [7, 11) is -3.71. The predicted octanol–water partition coefficient (Wildman–Crippen LogP) is -0.345. The molecule has 0 saturated heterocycles. The fourth-order valence-electron chi connectivity index (χ4n) is 1.25. The summed E-state index contributed by atoms with van der Waals surface area (Å²) in [6, 6.07) is 0. The zero-order valence-corrected chi connectivity index (χ0v) is 12.2.